The Morgan fingerprint density at radius 2 is 1.71 bits per heavy atom. The number of ether oxygens (including phenoxy) is 1. The van der Waals surface area contributed by atoms with Crippen molar-refractivity contribution in [2.75, 3.05) is 20.6 Å². The maximum atomic E-state index is 13.0. The molecule has 2 rings (SSSR count). The molecule has 0 aliphatic heterocycles. The first-order valence-electron chi connectivity index (χ1n) is 8.48. The van der Waals surface area contributed by atoms with E-state index in [9.17, 15) is 34.8 Å². The Bertz CT molecular complexity index is 1030. The fraction of sp³-hybridized carbons (Fsp3) is 0.333. The van der Waals surface area contributed by atoms with Crippen molar-refractivity contribution in [1.82, 2.24) is 9.62 Å². The second-order valence-corrected chi connectivity index (χ2v) is 8.82. The molecule has 0 saturated carbocycles. The van der Waals surface area contributed by atoms with Crippen LogP contribution in [0.15, 0.2) is 47.4 Å². The van der Waals surface area contributed by atoms with Gasteiger partial charge in [-0.1, -0.05) is 23.7 Å². The van der Waals surface area contributed by atoms with E-state index in [0.717, 1.165) is 36.4 Å². The lowest BCUT2D eigenvalue weighted by Gasteiger charge is -2.23. The number of nitrogens with one attached hydrogen (secondary N) is 1. The summed E-state index contributed by atoms with van der Waals surface area (Å²) < 4.78 is 108. The summed E-state index contributed by atoms with van der Waals surface area (Å²) in [6.45, 7) is 0.00351. The zero-order valence-electron chi connectivity index (χ0n) is 16.1. The predicted octanol–water partition coefficient (Wildman–Crippen LogP) is 4.84. The number of halogens is 7. The van der Waals surface area contributed by atoms with E-state index in [1.807, 2.05) is 0 Å². The van der Waals surface area contributed by atoms with Gasteiger partial charge in [-0.2, -0.15) is 13.2 Å². The molecule has 0 heterocycles. The van der Waals surface area contributed by atoms with E-state index in [1.165, 1.54) is 6.07 Å². The summed E-state index contributed by atoms with van der Waals surface area (Å²) in [6, 6.07) is 5.39. The topological polar surface area (TPSA) is 58.6 Å². The Morgan fingerprint density at radius 1 is 1.06 bits per heavy atom. The average molecular weight is 491 g/mol. The molecule has 5 nitrogen and oxygen atoms in total. The number of hydrogen-bond acceptors (Lipinski definition) is 4. The molecule has 0 fully saturated rings. The molecule has 0 bridgehead atoms. The summed E-state index contributed by atoms with van der Waals surface area (Å²) in [6.07, 6.45) is -9.65. The van der Waals surface area contributed by atoms with Crippen LogP contribution in [0.25, 0.3) is 0 Å². The predicted molar refractivity (Wildman–Crippen MR) is 101 cm³/mol. The van der Waals surface area contributed by atoms with Gasteiger partial charge in [-0.15, -0.1) is 13.2 Å². The first-order valence-corrected chi connectivity index (χ1v) is 10.3. The van der Waals surface area contributed by atoms with Crippen LogP contribution in [-0.4, -0.2) is 40.3 Å². The molecule has 0 unspecified atom stereocenters. The van der Waals surface area contributed by atoms with Crippen molar-refractivity contribution in [1.29, 1.82) is 0 Å². The van der Waals surface area contributed by atoms with E-state index in [4.69, 9.17) is 11.6 Å². The Balaban J connectivity index is 2.38. The first kappa shape index (κ1) is 25.2. The molecule has 2 aromatic rings. The highest BCUT2D eigenvalue weighted by atomic mass is 35.5. The van der Waals surface area contributed by atoms with Crippen LogP contribution in [0.2, 0.25) is 5.02 Å². The highest BCUT2D eigenvalue weighted by Gasteiger charge is 2.33. The Labute approximate surface area is 179 Å². The third kappa shape index (κ3) is 7.27. The molecule has 0 amide bonds. The lowest BCUT2D eigenvalue weighted by atomic mass is 10.0. The summed E-state index contributed by atoms with van der Waals surface area (Å²) in [4.78, 5) is 1.07. The molecule has 0 radical (unpaired) electrons. The summed E-state index contributed by atoms with van der Waals surface area (Å²) in [5.74, 6) is -0.796. The highest BCUT2D eigenvalue weighted by Crippen LogP contribution is 2.33. The number of hydrogen-bond donors (Lipinski definition) is 1. The number of rotatable bonds is 7. The molecule has 13 heteroatoms. The number of benzene rings is 2. The molecule has 1 atom stereocenters. The van der Waals surface area contributed by atoms with Crippen LogP contribution in [0, 0.1) is 0 Å². The number of nitrogens with zero attached hydrogens (tertiary/aromatic N) is 1. The fourth-order valence-corrected chi connectivity index (χ4v) is 4.14. The van der Waals surface area contributed by atoms with Gasteiger partial charge in [0.2, 0.25) is 10.0 Å². The normalized spacial score (nSPS) is 14.0. The first-order chi connectivity index (χ1) is 14.1. The number of alkyl halides is 6. The highest BCUT2D eigenvalue weighted by molar-refractivity contribution is 7.89. The summed E-state index contributed by atoms with van der Waals surface area (Å²) in [5.41, 5.74) is -0.903. The van der Waals surface area contributed by atoms with E-state index >= 15 is 0 Å². The van der Waals surface area contributed by atoms with Crippen molar-refractivity contribution < 1.29 is 39.5 Å². The number of sulfonamides is 1. The molecule has 0 aliphatic carbocycles. The lowest BCUT2D eigenvalue weighted by Crippen LogP contribution is -2.35. The van der Waals surface area contributed by atoms with Gasteiger partial charge in [-0.05, 0) is 50.0 Å². The van der Waals surface area contributed by atoms with Crippen molar-refractivity contribution in [3.63, 3.8) is 0 Å². The third-order valence-corrected chi connectivity index (χ3v) is 5.67. The Kier molecular flexibility index (Phi) is 7.51. The Hall–Kier alpha value is -2.02. The standard InChI is InChI=1S/C18H17ClF6N2O3S/c1-27(2)10-15(11-4-3-5-12(8-11)17(20,21)22)26-31(28,29)13-6-7-16(14(19)9-13)30-18(23,24)25/h3-9,15,26H,10H2,1-2H3/t15-/m0/s1. The van der Waals surface area contributed by atoms with Crippen molar-refractivity contribution in [2.24, 2.45) is 0 Å². The molecule has 0 saturated heterocycles. The van der Waals surface area contributed by atoms with Gasteiger partial charge < -0.3 is 9.64 Å². The van der Waals surface area contributed by atoms with Gasteiger partial charge >= 0.3 is 12.5 Å². The van der Waals surface area contributed by atoms with Crippen LogP contribution in [0.1, 0.15) is 17.2 Å². The fourth-order valence-electron chi connectivity index (χ4n) is 2.62. The quantitative estimate of drug-likeness (QED) is 0.564. The van der Waals surface area contributed by atoms with Gasteiger partial charge in [-0.3, -0.25) is 0 Å². The van der Waals surface area contributed by atoms with Crippen LogP contribution in [0.5, 0.6) is 5.75 Å². The lowest BCUT2D eigenvalue weighted by molar-refractivity contribution is -0.274. The van der Waals surface area contributed by atoms with Gasteiger partial charge in [0, 0.05) is 6.54 Å². The molecule has 0 aromatic heterocycles. The smallest absolute Gasteiger partial charge is 0.404 e. The van der Waals surface area contributed by atoms with Crippen molar-refractivity contribution >= 4 is 21.6 Å². The van der Waals surface area contributed by atoms with Crippen LogP contribution < -0.4 is 9.46 Å². The second kappa shape index (κ2) is 9.23. The largest absolute Gasteiger partial charge is 0.573 e. The molecular formula is C18H17ClF6N2O3S. The molecule has 0 aliphatic rings. The van der Waals surface area contributed by atoms with Crippen molar-refractivity contribution in [2.45, 2.75) is 23.5 Å². The maximum absolute atomic E-state index is 13.0. The van der Waals surface area contributed by atoms with Gasteiger partial charge in [0.15, 0.2) is 0 Å². The van der Waals surface area contributed by atoms with E-state index in [-0.39, 0.29) is 12.1 Å². The van der Waals surface area contributed by atoms with E-state index in [0.29, 0.717) is 0 Å². The van der Waals surface area contributed by atoms with Gasteiger partial charge in [0.05, 0.1) is 21.5 Å². The van der Waals surface area contributed by atoms with Gasteiger partial charge in [0.25, 0.3) is 0 Å². The molecule has 0 spiro atoms. The minimum absolute atomic E-state index is 0.00351. The van der Waals surface area contributed by atoms with Gasteiger partial charge in [0.1, 0.15) is 5.75 Å². The SMILES string of the molecule is CN(C)C[C@H](NS(=O)(=O)c1ccc(OC(F)(F)F)c(Cl)c1)c1cccc(C(F)(F)F)c1. The minimum Gasteiger partial charge on any atom is -0.404 e. The van der Waals surface area contributed by atoms with Gasteiger partial charge in [-0.25, -0.2) is 13.1 Å². The summed E-state index contributed by atoms with van der Waals surface area (Å²) >= 11 is 5.70. The molecular weight excluding hydrogens is 474 g/mol. The second-order valence-electron chi connectivity index (χ2n) is 6.70. The van der Waals surface area contributed by atoms with Crippen LogP contribution in [0.3, 0.4) is 0 Å². The monoisotopic (exact) mass is 490 g/mol. The zero-order valence-corrected chi connectivity index (χ0v) is 17.6. The van der Waals surface area contributed by atoms with Crippen molar-refractivity contribution in [3.05, 3.63) is 58.6 Å². The molecule has 31 heavy (non-hydrogen) atoms. The average Bonchev–Trinajstić information content (AvgIpc) is 2.60. The third-order valence-electron chi connectivity index (χ3n) is 3.90. The van der Waals surface area contributed by atoms with Crippen LogP contribution >= 0.6 is 11.6 Å². The maximum Gasteiger partial charge on any atom is 0.573 e. The molecule has 172 valence electrons. The molecule has 1 N–H and O–H groups in total. The summed E-state index contributed by atoms with van der Waals surface area (Å²) in [5, 5.41) is -0.608. The van der Waals surface area contributed by atoms with E-state index < -0.39 is 49.8 Å². The van der Waals surface area contributed by atoms with E-state index in [1.54, 1.807) is 19.0 Å². The minimum atomic E-state index is -5.03. The summed E-state index contributed by atoms with van der Waals surface area (Å²) in [7, 11) is -1.18. The zero-order chi connectivity index (χ0) is 23.6. The van der Waals surface area contributed by atoms with E-state index in [2.05, 4.69) is 9.46 Å². The number of likely N-dealkylation sites (N-methyl/N-ethyl adjacent to an activating group) is 1. The van der Waals surface area contributed by atoms with Crippen LogP contribution in [-0.2, 0) is 16.2 Å². The van der Waals surface area contributed by atoms with Crippen molar-refractivity contribution in [3.8, 4) is 5.75 Å². The van der Waals surface area contributed by atoms with Crippen LogP contribution in [0.4, 0.5) is 26.3 Å². The Morgan fingerprint density at radius 3 is 2.23 bits per heavy atom. The molecule has 2 aromatic carbocycles.